The summed E-state index contributed by atoms with van der Waals surface area (Å²) in [5.74, 6) is 0.269. The highest BCUT2D eigenvalue weighted by Gasteiger charge is 2.26. The van der Waals surface area contributed by atoms with E-state index in [9.17, 15) is 9.59 Å². The third-order valence-electron chi connectivity index (χ3n) is 4.33. The van der Waals surface area contributed by atoms with Crippen LogP contribution in [0.2, 0.25) is 0 Å². The smallest absolute Gasteiger partial charge is 0.227 e. The fraction of sp³-hybridized carbons (Fsp3) is 0.556. The molecular weight excluding hydrogens is 290 g/mol. The summed E-state index contributed by atoms with van der Waals surface area (Å²) in [6.07, 6.45) is 2.98. The second-order valence-electron chi connectivity index (χ2n) is 6.34. The molecule has 0 aliphatic carbocycles. The molecule has 1 aromatic carbocycles. The van der Waals surface area contributed by atoms with E-state index in [0.717, 1.165) is 30.6 Å². The SMILES string of the molecule is CCCC(=O)N1CCC(C(=O)Nc2ccc(N(C)C)cc2)CC1. The fourth-order valence-electron chi connectivity index (χ4n) is 2.85. The van der Waals surface area contributed by atoms with Gasteiger partial charge in [0.1, 0.15) is 0 Å². The summed E-state index contributed by atoms with van der Waals surface area (Å²) in [5, 5.41) is 2.99. The van der Waals surface area contributed by atoms with E-state index in [0.29, 0.717) is 19.5 Å². The van der Waals surface area contributed by atoms with Crippen molar-refractivity contribution in [3.8, 4) is 0 Å². The van der Waals surface area contributed by atoms with Crippen molar-refractivity contribution in [3.05, 3.63) is 24.3 Å². The summed E-state index contributed by atoms with van der Waals surface area (Å²) in [7, 11) is 3.97. The lowest BCUT2D eigenvalue weighted by Crippen LogP contribution is -2.41. The van der Waals surface area contributed by atoms with Gasteiger partial charge < -0.3 is 15.1 Å². The van der Waals surface area contributed by atoms with Crippen LogP contribution in [0.1, 0.15) is 32.6 Å². The van der Waals surface area contributed by atoms with E-state index in [4.69, 9.17) is 0 Å². The summed E-state index contributed by atoms with van der Waals surface area (Å²) in [5.41, 5.74) is 1.93. The van der Waals surface area contributed by atoms with E-state index in [1.165, 1.54) is 0 Å². The zero-order chi connectivity index (χ0) is 16.8. The second-order valence-corrected chi connectivity index (χ2v) is 6.34. The lowest BCUT2D eigenvalue weighted by molar-refractivity contribution is -0.134. The van der Waals surface area contributed by atoms with Crippen LogP contribution in [0.25, 0.3) is 0 Å². The van der Waals surface area contributed by atoms with E-state index in [2.05, 4.69) is 5.32 Å². The van der Waals surface area contributed by atoms with Crippen LogP contribution >= 0.6 is 0 Å². The van der Waals surface area contributed by atoms with Crippen molar-refractivity contribution in [2.45, 2.75) is 32.6 Å². The van der Waals surface area contributed by atoms with Gasteiger partial charge in [-0.2, -0.15) is 0 Å². The Hall–Kier alpha value is -2.04. The molecule has 0 unspecified atom stereocenters. The standard InChI is InChI=1S/C18H27N3O2/c1-4-5-17(22)21-12-10-14(11-13-21)18(23)19-15-6-8-16(9-7-15)20(2)3/h6-9,14H,4-5,10-13H2,1-3H3,(H,19,23). The highest BCUT2D eigenvalue weighted by atomic mass is 16.2. The molecule has 1 aliphatic rings. The first-order valence-electron chi connectivity index (χ1n) is 8.37. The number of piperidine rings is 1. The predicted octanol–water partition coefficient (Wildman–Crippen LogP) is 2.73. The third-order valence-corrected chi connectivity index (χ3v) is 4.33. The van der Waals surface area contributed by atoms with Gasteiger partial charge in [0.15, 0.2) is 0 Å². The van der Waals surface area contributed by atoms with Gasteiger partial charge in [-0.3, -0.25) is 9.59 Å². The van der Waals surface area contributed by atoms with Crippen LogP contribution in [0.5, 0.6) is 0 Å². The lowest BCUT2D eigenvalue weighted by atomic mass is 9.95. The number of rotatable bonds is 5. The Morgan fingerprint density at radius 3 is 2.30 bits per heavy atom. The first kappa shape index (κ1) is 17.3. The molecule has 1 aliphatic heterocycles. The molecule has 2 rings (SSSR count). The van der Waals surface area contributed by atoms with Crippen molar-refractivity contribution in [1.29, 1.82) is 0 Å². The molecular formula is C18H27N3O2. The topological polar surface area (TPSA) is 52.7 Å². The Kier molecular flexibility index (Phi) is 6.02. The van der Waals surface area contributed by atoms with Gasteiger partial charge in [0.2, 0.25) is 11.8 Å². The molecule has 0 spiro atoms. The van der Waals surface area contributed by atoms with Gasteiger partial charge in [-0.25, -0.2) is 0 Å². The zero-order valence-corrected chi connectivity index (χ0v) is 14.3. The van der Waals surface area contributed by atoms with Crippen LogP contribution in [-0.4, -0.2) is 43.9 Å². The maximum Gasteiger partial charge on any atom is 0.227 e. The molecule has 2 amide bonds. The number of benzene rings is 1. The van der Waals surface area contributed by atoms with Crippen molar-refractivity contribution < 1.29 is 9.59 Å². The first-order chi connectivity index (χ1) is 11.0. The summed E-state index contributed by atoms with van der Waals surface area (Å²) in [6.45, 7) is 3.40. The molecule has 1 aromatic rings. The Morgan fingerprint density at radius 1 is 1.17 bits per heavy atom. The van der Waals surface area contributed by atoms with Gasteiger partial charge in [-0.05, 0) is 43.5 Å². The van der Waals surface area contributed by atoms with Crippen molar-refractivity contribution in [1.82, 2.24) is 4.90 Å². The van der Waals surface area contributed by atoms with Crippen molar-refractivity contribution in [2.24, 2.45) is 5.92 Å². The number of nitrogens with zero attached hydrogens (tertiary/aromatic N) is 2. The van der Waals surface area contributed by atoms with Gasteiger partial charge in [0, 0.05) is 50.9 Å². The van der Waals surface area contributed by atoms with Gasteiger partial charge in [0.25, 0.3) is 0 Å². The first-order valence-corrected chi connectivity index (χ1v) is 8.37. The largest absolute Gasteiger partial charge is 0.378 e. The van der Waals surface area contributed by atoms with Crippen LogP contribution in [0.3, 0.4) is 0 Å². The van der Waals surface area contributed by atoms with E-state index >= 15 is 0 Å². The number of carbonyl (C=O) groups is 2. The fourth-order valence-corrected chi connectivity index (χ4v) is 2.85. The second kappa shape index (κ2) is 7.99. The molecule has 1 heterocycles. The number of hydrogen-bond donors (Lipinski definition) is 1. The number of likely N-dealkylation sites (tertiary alicyclic amines) is 1. The molecule has 0 aromatic heterocycles. The van der Waals surface area contributed by atoms with Crippen molar-refractivity contribution in [2.75, 3.05) is 37.4 Å². The van der Waals surface area contributed by atoms with Gasteiger partial charge >= 0.3 is 0 Å². The van der Waals surface area contributed by atoms with Crippen LogP contribution in [0.4, 0.5) is 11.4 Å². The summed E-state index contributed by atoms with van der Waals surface area (Å²) in [4.78, 5) is 28.1. The number of nitrogens with one attached hydrogen (secondary N) is 1. The molecule has 0 radical (unpaired) electrons. The number of carbonyl (C=O) groups excluding carboxylic acids is 2. The maximum absolute atomic E-state index is 12.4. The molecule has 1 N–H and O–H groups in total. The number of anilines is 2. The molecule has 0 atom stereocenters. The van der Waals surface area contributed by atoms with Crippen LogP contribution in [0.15, 0.2) is 24.3 Å². The Labute approximate surface area is 138 Å². The molecule has 5 heteroatoms. The monoisotopic (exact) mass is 317 g/mol. The van der Waals surface area contributed by atoms with Gasteiger partial charge in [-0.1, -0.05) is 6.92 Å². The molecule has 0 saturated carbocycles. The Bertz CT molecular complexity index is 532. The molecule has 5 nitrogen and oxygen atoms in total. The van der Waals surface area contributed by atoms with E-state index in [-0.39, 0.29) is 17.7 Å². The van der Waals surface area contributed by atoms with E-state index in [1.54, 1.807) is 0 Å². The average molecular weight is 317 g/mol. The maximum atomic E-state index is 12.4. The minimum atomic E-state index is -0.00537. The average Bonchev–Trinajstić information content (AvgIpc) is 2.55. The number of amides is 2. The van der Waals surface area contributed by atoms with Crippen LogP contribution in [0, 0.1) is 5.92 Å². The van der Waals surface area contributed by atoms with Crippen molar-refractivity contribution in [3.63, 3.8) is 0 Å². The quantitative estimate of drug-likeness (QED) is 0.908. The third kappa shape index (κ3) is 4.71. The highest BCUT2D eigenvalue weighted by molar-refractivity contribution is 5.93. The van der Waals surface area contributed by atoms with Crippen molar-refractivity contribution >= 4 is 23.2 Å². The molecule has 0 bridgehead atoms. The molecule has 23 heavy (non-hydrogen) atoms. The molecule has 1 saturated heterocycles. The summed E-state index contributed by atoms with van der Waals surface area (Å²) < 4.78 is 0. The van der Waals surface area contributed by atoms with E-state index in [1.807, 2.05) is 55.1 Å². The molecule has 1 fully saturated rings. The Morgan fingerprint density at radius 2 is 1.78 bits per heavy atom. The minimum absolute atomic E-state index is 0.00537. The molecule has 126 valence electrons. The minimum Gasteiger partial charge on any atom is -0.378 e. The normalized spacial score (nSPS) is 15.3. The summed E-state index contributed by atoms with van der Waals surface area (Å²) >= 11 is 0. The van der Waals surface area contributed by atoms with Crippen LogP contribution in [-0.2, 0) is 9.59 Å². The van der Waals surface area contributed by atoms with Crippen LogP contribution < -0.4 is 10.2 Å². The lowest BCUT2D eigenvalue weighted by Gasteiger charge is -2.31. The predicted molar refractivity (Wildman–Crippen MR) is 93.6 cm³/mol. The van der Waals surface area contributed by atoms with Gasteiger partial charge in [-0.15, -0.1) is 0 Å². The highest BCUT2D eigenvalue weighted by Crippen LogP contribution is 2.21. The Balaban J connectivity index is 1.84. The number of hydrogen-bond acceptors (Lipinski definition) is 3. The van der Waals surface area contributed by atoms with Gasteiger partial charge in [0.05, 0.1) is 0 Å². The van der Waals surface area contributed by atoms with E-state index < -0.39 is 0 Å². The zero-order valence-electron chi connectivity index (χ0n) is 14.3. The summed E-state index contributed by atoms with van der Waals surface area (Å²) in [6, 6.07) is 7.82.